The summed E-state index contributed by atoms with van der Waals surface area (Å²) in [5, 5.41) is 2.55. The molecule has 4 nitrogen and oxygen atoms in total. The molecule has 0 atom stereocenters. The summed E-state index contributed by atoms with van der Waals surface area (Å²) in [5.74, 6) is -0.530. The van der Waals surface area contributed by atoms with E-state index in [0.29, 0.717) is 5.69 Å². The fourth-order valence-electron chi connectivity index (χ4n) is 1.60. The Kier molecular flexibility index (Phi) is 5.43. The molecule has 1 aromatic carbocycles. The van der Waals surface area contributed by atoms with Crippen LogP contribution in [0, 0.1) is 0 Å². The zero-order valence-corrected chi connectivity index (χ0v) is 11.9. The Morgan fingerprint density at radius 3 is 2.64 bits per heavy atom. The van der Waals surface area contributed by atoms with Gasteiger partial charge in [-0.25, -0.2) is 0 Å². The topological polar surface area (TPSA) is 51.2 Å². The van der Waals surface area contributed by atoms with Crippen LogP contribution in [-0.2, 0) is 4.79 Å². The molecule has 0 aliphatic rings. The smallest absolute Gasteiger partial charge is 0.387 e. The second-order valence-corrected chi connectivity index (χ2v) is 4.53. The fraction of sp³-hybridized carbons (Fsp3) is 0.0667. The van der Waals surface area contributed by atoms with Crippen LogP contribution >= 0.6 is 11.6 Å². The second kappa shape index (κ2) is 7.51. The number of pyridine rings is 1. The van der Waals surface area contributed by atoms with E-state index >= 15 is 0 Å². The molecule has 1 amide bonds. The number of amides is 1. The van der Waals surface area contributed by atoms with E-state index in [4.69, 9.17) is 11.6 Å². The number of nitrogens with zero attached hydrogens (tertiary/aromatic N) is 1. The number of anilines is 1. The van der Waals surface area contributed by atoms with E-state index in [2.05, 4.69) is 15.0 Å². The van der Waals surface area contributed by atoms with Gasteiger partial charge < -0.3 is 10.1 Å². The van der Waals surface area contributed by atoms with Crippen molar-refractivity contribution in [3.63, 3.8) is 0 Å². The zero-order valence-electron chi connectivity index (χ0n) is 11.2. The van der Waals surface area contributed by atoms with Gasteiger partial charge in [0, 0.05) is 24.2 Å². The fourth-order valence-corrected chi connectivity index (χ4v) is 1.83. The highest BCUT2D eigenvalue weighted by Crippen LogP contribution is 2.28. The van der Waals surface area contributed by atoms with Gasteiger partial charge in [-0.05, 0) is 42.0 Å². The largest absolute Gasteiger partial charge is 0.433 e. The first-order valence-corrected chi connectivity index (χ1v) is 6.56. The molecule has 0 saturated carbocycles. The van der Waals surface area contributed by atoms with Crippen molar-refractivity contribution >= 4 is 29.3 Å². The van der Waals surface area contributed by atoms with Crippen LogP contribution in [0.15, 0.2) is 48.8 Å². The molecule has 0 unspecified atom stereocenters. The van der Waals surface area contributed by atoms with Crippen LogP contribution in [0.4, 0.5) is 14.5 Å². The zero-order chi connectivity index (χ0) is 15.9. The van der Waals surface area contributed by atoms with Gasteiger partial charge in [-0.2, -0.15) is 8.78 Å². The number of carbonyl (C=O) groups excluding carboxylic acids is 1. The number of alkyl halides is 2. The molecular weight excluding hydrogens is 314 g/mol. The number of hydrogen-bond donors (Lipinski definition) is 1. The van der Waals surface area contributed by atoms with E-state index in [0.717, 1.165) is 5.56 Å². The Morgan fingerprint density at radius 2 is 2.00 bits per heavy atom. The van der Waals surface area contributed by atoms with Crippen LogP contribution in [-0.4, -0.2) is 17.5 Å². The third kappa shape index (κ3) is 4.82. The van der Waals surface area contributed by atoms with Gasteiger partial charge in [0.25, 0.3) is 0 Å². The number of benzene rings is 1. The highest BCUT2D eigenvalue weighted by molar-refractivity contribution is 6.32. The molecule has 114 valence electrons. The lowest BCUT2D eigenvalue weighted by Gasteiger charge is -2.08. The van der Waals surface area contributed by atoms with Gasteiger partial charge in [0.2, 0.25) is 5.91 Å². The number of carbonyl (C=O) groups is 1. The van der Waals surface area contributed by atoms with Crippen LogP contribution < -0.4 is 10.1 Å². The van der Waals surface area contributed by atoms with Crippen molar-refractivity contribution in [1.82, 2.24) is 4.98 Å². The molecule has 0 bridgehead atoms. The third-order valence-corrected chi connectivity index (χ3v) is 2.84. The highest BCUT2D eigenvalue weighted by atomic mass is 35.5. The van der Waals surface area contributed by atoms with Gasteiger partial charge in [0.1, 0.15) is 5.75 Å². The molecule has 1 heterocycles. The van der Waals surface area contributed by atoms with E-state index in [-0.39, 0.29) is 16.7 Å². The van der Waals surface area contributed by atoms with Crippen molar-refractivity contribution in [2.75, 3.05) is 5.32 Å². The van der Waals surface area contributed by atoms with Crippen molar-refractivity contribution in [3.8, 4) is 5.75 Å². The van der Waals surface area contributed by atoms with Crippen LogP contribution in [0.3, 0.4) is 0 Å². The van der Waals surface area contributed by atoms with E-state index in [1.54, 1.807) is 30.6 Å². The monoisotopic (exact) mass is 324 g/mol. The summed E-state index contributed by atoms with van der Waals surface area (Å²) in [6.45, 7) is -2.96. The Hall–Kier alpha value is -2.47. The number of aromatic nitrogens is 1. The average Bonchev–Trinajstić information content (AvgIpc) is 2.49. The quantitative estimate of drug-likeness (QED) is 0.846. The maximum atomic E-state index is 12.1. The molecule has 22 heavy (non-hydrogen) atoms. The standard InChI is InChI=1S/C15H11ClF2N2O2/c16-12-9-11(2-3-13(12)22-15(17)18)20-14(21)4-1-10-5-7-19-8-6-10/h1-9,15H,(H,20,21)/b4-1+. The summed E-state index contributed by atoms with van der Waals surface area (Å²) >= 11 is 5.80. The van der Waals surface area contributed by atoms with Crippen molar-refractivity contribution in [2.45, 2.75) is 6.61 Å². The van der Waals surface area contributed by atoms with E-state index in [9.17, 15) is 13.6 Å². The van der Waals surface area contributed by atoms with Crippen molar-refractivity contribution in [3.05, 3.63) is 59.4 Å². The molecular formula is C15H11ClF2N2O2. The SMILES string of the molecule is O=C(/C=C/c1ccncc1)Nc1ccc(OC(F)F)c(Cl)c1. The number of ether oxygens (including phenoxy) is 1. The maximum absolute atomic E-state index is 12.1. The molecule has 0 aliphatic carbocycles. The van der Waals surface area contributed by atoms with Gasteiger partial charge >= 0.3 is 6.61 Å². The molecule has 2 aromatic rings. The average molecular weight is 325 g/mol. The number of nitrogens with one attached hydrogen (secondary N) is 1. The van der Waals surface area contributed by atoms with Crippen LogP contribution in [0.1, 0.15) is 5.56 Å². The number of hydrogen-bond acceptors (Lipinski definition) is 3. The molecule has 1 N–H and O–H groups in total. The molecule has 0 spiro atoms. The number of halogens is 3. The minimum absolute atomic E-state index is 0.0174. The van der Waals surface area contributed by atoms with Crippen molar-refractivity contribution in [2.24, 2.45) is 0 Å². The van der Waals surface area contributed by atoms with Crippen LogP contribution in [0.5, 0.6) is 5.75 Å². The third-order valence-electron chi connectivity index (χ3n) is 2.55. The lowest BCUT2D eigenvalue weighted by Crippen LogP contribution is -2.08. The van der Waals surface area contributed by atoms with Crippen molar-refractivity contribution in [1.29, 1.82) is 0 Å². The molecule has 0 saturated heterocycles. The van der Waals surface area contributed by atoms with E-state index < -0.39 is 6.61 Å². The number of rotatable bonds is 5. The lowest BCUT2D eigenvalue weighted by molar-refractivity contribution is -0.111. The first kappa shape index (κ1) is 15.9. The Morgan fingerprint density at radius 1 is 1.27 bits per heavy atom. The molecule has 0 aliphatic heterocycles. The molecule has 0 radical (unpaired) electrons. The normalized spacial score (nSPS) is 10.9. The minimum Gasteiger partial charge on any atom is -0.433 e. The Labute approximate surface area is 130 Å². The molecule has 7 heteroatoms. The summed E-state index contributed by atoms with van der Waals surface area (Å²) in [4.78, 5) is 15.6. The van der Waals surface area contributed by atoms with Crippen LogP contribution in [0.2, 0.25) is 5.02 Å². The second-order valence-electron chi connectivity index (χ2n) is 4.13. The lowest BCUT2D eigenvalue weighted by atomic mass is 10.2. The van der Waals surface area contributed by atoms with Gasteiger partial charge in [0.15, 0.2) is 0 Å². The van der Waals surface area contributed by atoms with Crippen molar-refractivity contribution < 1.29 is 18.3 Å². The van der Waals surface area contributed by atoms with Gasteiger partial charge in [-0.3, -0.25) is 9.78 Å². The van der Waals surface area contributed by atoms with Gasteiger partial charge in [-0.1, -0.05) is 11.6 Å². The summed E-state index contributed by atoms with van der Waals surface area (Å²) in [6.07, 6.45) is 6.18. The Bertz CT molecular complexity index is 678. The predicted molar refractivity (Wildman–Crippen MR) is 80.0 cm³/mol. The van der Waals surface area contributed by atoms with Crippen LogP contribution in [0.25, 0.3) is 6.08 Å². The summed E-state index contributed by atoms with van der Waals surface area (Å²) in [5.41, 5.74) is 1.19. The summed E-state index contributed by atoms with van der Waals surface area (Å²) < 4.78 is 28.4. The predicted octanol–water partition coefficient (Wildman–Crippen LogP) is 3.99. The molecule has 2 rings (SSSR count). The Balaban J connectivity index is 2.00. The highest BCUT2D eigenvalue weighted by Gasteiger charge is 2.09. The minimum atomic E-state index is -2.96. The first-order valence-electron chi connectivity index (χ1n) is 6.18. The first-order chi connectivity index (χ1) is 10.5. The van der Waals surface area contributed by atoms with E-state index in [1.165, 1.54) is 24.3 Å². The van der Waals surface area contributed by atoms with Gasteiger partial charge in [0.05, 0.1) is 5.02 Å². The summed E-state index contributed by atoms with van der Waals surface area (Å²) in [6, 6.07) is 7.50. The van der Waals surface area contributed by atoms with Gasteiger partial charge in [-0.15, -0.1) is 0 Å². The maximum Gasteiger partial charge on any atom is 0.387 e. The summed E-state index contributed by atoms with van der Waals surface area (Å²) in [7, 11) is 0. The molecule has 0 fully saturated rings. The molecule has 1 aromatic heterocycles. The van der Waals surface area contributed by atoms with E-state index in [1.807, 2.05) is 0 Å².